The lowest BCUT2D eigenvalue weighted by Gasteiger charge is -2.26. The van der Waals surface area contributed by atoms with Gasteiger partial charge >= 0.3 is 0 Å². The van der Waals surface area contributed by atoms with Gasteiger partial charge < -0.3 is 15.5 Å². The molecule has 0 unspecified atom stereocenters. The molecule has 0 spiro atoms. The van der Waals surface area contributed by atoms with Crippen molar-refractivity contribution in [2.24, 2.45) is 10.9 Å². The second-order valence-electron chi connectivity index (χ2n) is 3.21. The monoisotopic (exact) mass is 185 g/mol. The summed E-state index contributed by atoms with van der Waals surface area (Å²) in [6, 6.07) is 0. The Kier molecular flexibility index (Phi) is 4.78. The summed E-state index contributed by atoms with van der Waals surface area (Å²) in [4.78, 5) is 7.38. The first-order valence-electron chi connectivity index (χ1n) is 4.97. The van der Waals surface area contributed by atoms with Crippen molar-refractivity contribution in [2.75, 3.05) is 32.8 Å². The maximum Gasteiger partial charge on any atom is 0.114 e. The molecule has 0 aromatic heterocycles. The molecule has 0 saturated carbocycles. The van der Waals surface area contributed by atoms with E-state index in [1.54, 1.807) is 0 Å². The van der Waals surface area contributed by atoms with E-state index in [1.165, 1.54) is 5.71 Å². The van der Waals surface area contributed by atoms with Crippen LogP contribution in [0.1, 0.15) is 19.8 Å². The molecule has 0 radical (unpaired) electrons. The maximum absolute atomic E-state index is 5.48. The van der Waals surface area contributed by atoms with Gasteiger partial charge in [-0.3, -0.25) is 0 Å². The Bertz CT molecular complexity index is 160. The predicted molar refractivity (Wildman–Crippen MR) is 53.8 cm³/mol. The molecule has 4 heteroatoms. The van der Waals surface area contributed by atoms with Crippen molar-refractivity contribution in [3.8, 4) is 0 Å². The third kappa shape index (κ3) is 3.74. The van der Waals surface area contributed by atoms with Crippen LogP contribution in [-0.2, 0) is 4.84 Å². The fraction of sp³-hybridized carbons (Fsp3) is 0.889. The van der Waals surface area contributed by atoms with Crippen molar-refractivity contribution in [2.45, 2.75) is 19.8 Å². The number of likely N-dealkylation sites (tertiary alicyclic amines) is 1. The number of oxime groups is 1. The van der Waals surface area contributed by atoms with Crippen molar-refractivity contribution < 1.29 is 4.84 Å². The minimum Gasteiger partial charge on any atom is -0.396 e. The van der Waals surface area contributed by atoms with Crippen LogP contribution in [0.15, 0.2) is 5.16 Å². The van der Waals surface area contributed by atoms with E-state index in [0.717, 1.165) is 39.0 Å². The van der Waals surface area contributed by atoms with E-state index in [0.29, 0.717) is 6.61 Å². The molecule has 1 rings (SSSR count). The van der Waals surface area contributed by atoms with Crippen molar-refractivity contribution in [3.63, 3.8) is 0 Å². The van der Waals surface area contributed by atoms with Crippen LogP contribution in [0.5, 0.6) is 0 Å². The first-order valence-corrected chi connectivity index (χ1v) is 4.97. The second kappa shape index (κ2) is 5.94. The molecule has 1 aliphatic heterocycles. The van der Waals surface area contributed by atoms with E-state index in [2.05, 4.69) is 10.1 Å². The zero-order valence-corrected chi connectivity index (χ0v) is 8.33. The molecule has 1 heterocycles. The van der Waals surface area contributed by atoms with Gasteiger partial charge in [-0.15, -0.1) is 0 Å². The van der Waals surface area contributed by atoms with Crippen molar-refractivity contribution in [1.82, 2.24) is 4.90 Å². The summed E-state index contributed by atoms with van der Waals surface area (Å²) in [7, 11) is 0. The Morgan fingerprint density at radius 1 is 1.46 bits per heavy atom. The smallest absolute Gasteiger partial charge is 0.114 e. The lowest BCUT2D eigenvalue weighted by molar-refractivity contribution is 0.154. The molecule has 76 valence electrons. The van der Waals surface area contributed by atoms with Crippen LogP contribution in [-0.4, -0.2) is 43.4 Å². The largest absolute Gasteiger partial charge is 0.396 e. The average Bonchev–Trinajstić information content (AvgIpc) is 2.17. The molecule has 1 fully saturated rings. The number of nitrogens with two attached hydrogens (primary N) is 1. The van der Waals surface area contributed by atoms with Crippen LogP contribution in [0.2, 0.25) is 0 Å². The van der Waals surface area contributed by atoms with Crippen LogP contribution in [0.3, 0.4) is 0 Å². The van der Waals surface area contributed by atoms with E-state index >= 15 is 0 Å². The molecule has 4 nitrogen and oxygen atoms in total. The van der Waals surface area contributed by atoms with Crippen molar-refractivity contribution in [3.05, 3.63) is 0 Å². The molecule has 0 aromatic carbocycles. The van der Waals surface area contributed by atoms with E-state index in [4.69, 9.17) is 10.6 Å². The first-order chi connectivity index (χ1) is 6.36. The number of nitrogens with zero attached hydrogens (tertiary/aromatic N) is 2. The fourth-order valence-corrected chi connectivity index (χ4v) is 1.46. The van der Waals surface area contributed by atoms with E-state index in [-0.39, 0.29) is 0 Å². The molecular formula is C9H19N3O. The maximum atomic E-state index is 5.48. The standard InChI is InChI=1S/C9H19N3O/c1-2-13-11-9-3-6-12(7-4-9)8-5-10/h2-8,10H2,1H3. The number of hydrogen-bond donors (Lipinski definition) is 1. The van der Waals surface area contributed by atoms with Gasteiger partial charge in [-0.25, -0.2) is 0 Å². The molecule has 0 aromatic rings. The SMILES string of the molecule is CCON=C1CCN(CCN)CC1. The molecule has 0 bridgehead atoms. The van der Waals surface area contributed by atoms with Crippen LogP contribution in [0.25, 0.3) is 0 Å². The Morgan fingerprint density at radius 3 is 2.69 bits per heavy atom. The highest BCUT2D eigenvalue weighted by atomic mass is 16.6. The Hall–Kier alpha value is -0.610. The van der Waals surface area contributed by atoms with Gasteiger partial charge in [-0.1, -0.05) is 5.16 Å². The first kappa shape index (κ1) is 10.5. The molecule has 0 aliphatic carbocycles. The molecule has 0 amide bonds. The summed E-state index contributed by atoms with van der Waals surface area (Å²) < 4.78 is 0. The Balaban J connectivity index is 2.22. The molecule has 13 heavy (non-hydrogen) atoms. The zero-order chi connectivity index (χ0) is 9.52. The molecule has 0 atom stereocenters. The van der Waals surface area contributed by atoms with Crippen LogP contribution in [0, 0.1) is 0 Å². The average molecular weight is 185 g/mol. The number of rotatable bonds is 4. The van der Waals surface area contributed by atoms with Crippen LogP contribution < -0.4 is 5.73 Å². The summed E-state index contributed by atoms with van der Waals surface area (Å²) in [6.45, 7) is 6.51. The minimum absolute atomic E-state index is 0.663. The van der Waals surface area contributed by atoms with Gasteiger partial charge in [-0.05, 0) is 6.92 Å². The van der Waals surface area contributed by atoms with Crippen molar-refractivity contribution in [1.29, 1.82) is 0 Å². The van der Waals surface area contributed by atoms with Gasteiger partial charge in [0.1, 0.15) is 6.61 Å². The summed E-state index contributed by atoms with van der Waals surface area (Å²) >= 11 is 0. The van der Waals surface area contributed by atoms with E-state index in [9.17, 15) is 0 Å². The van der Waals surface area contributed by atoms with Gasteiger partial charge in [-0.2, -0.15) is 0 Å². The zero-order valence-electron chi connectivity index (χ0n) is 8.33. The molecule has 1 aliphatic rings. The summed E-state index contributed by atoms with van der Waals surface area (Å²) in [6.07, 6.45) is 2.06. The van der Waals surface area contributed by atoms with Gasteiger partial charge in [0, 0.05) is 39.0 Å². The number of hydrogen-bond acceptors (Lipinski definition) is 4. The quantitative estimate of drug-likeness (QED) is 0.646. The van der Waals surface area contributed by atoms with Gasteiger partial charge in [0.05, 0.1) is 5.71 Å². The Morgan fingerprint density at radius 2 is 2.15 bits per heavy atom. The lowest BCUT2D eigenvalue weighted by atomic mass is 10.1. The topological polar surface area (TPSA) is 50.8 Å². The molecular weight excluding hydrogens is 166 g/mol. The third-order valence-electron chi connectivity index (χ3n) is 2.20. The summed E-state index contributed by atoms with van der Waals surface area (Å²) in [5, 5.41) is 4.05. The van der Waals surface area contributed by atoms with Gasteiger partial charge in [0.2, 0.25) is 0 Å². The summed E-state index contributed by atoms with van der Waals surface area (Å²) in [5.74, 6) is 0. The normalized spacial score (nSPS) is 18.8. The summed E-state index contributed by atoms with van der Waals surface area (Å²) in [5.41, 5.74) is 6.67. The van der Waals surface area contributed by atoms with Crippen LogP contribution in [0.4, 0.5) is 0 Å². The Labute approximate surface area is 79.7 Å². The van der Waals surface area contributed by atoms with E-state index in [1.807, 2.05) is 6.92 Å². The van der Waals surface area contributed by atoms with Gasteiger partial charge in [0.25, 0.3) is 0 Å². The highest BCUT2D eigenvalue weighted by molar-refractivity contribution is 5.84. The molecule has 2 N–H and O–H groups in total. The highest BCUT2D eigenvalue weighted by Crippen LogP contribution is 2.06. The van der Waals surface area contributed by atoms with E-state index < -0.39 is 0 Å². The third-order valence-corrected chi connectivity index (χ3v) is 2.20. The number of piperidine rings is 1. The van der Waals surface area contributed by atoms with Gasteiger partial charge in [0.15, 0.2) is 0 Å². The molecule has 1 saturated heterocycles. The fourth-order valence-electron chi connectivity index (χ4n) is 1.46. The highest BCUT2D eigenvalue weighted by Gasteiger charge is 2.14. The van der Waals surface area contributed by atoms with Crippen LogP contribution >= 0.6 is 0 Å². The lowest BCUT2D eigenvalue weighted by Crippen LogP contribution is -2.37. The predicted octanol–water partition coefficient (Wildman–Crippen LogP) is 0.433. The minimum atomic E-state index is 0.663. The van der Waals surface area contributed by atoms with Crippen molar-refractivity contribution >= 4 is 5.71 Å². The second-order valence-corrected chi connectivity index (χ2v) is 3.21.